The maximum atomic E-state index is 13.2. The molecule has 152 valence electrons. The highest BCUT2D eigenvalue weighted by Crippen LogP contribution is 2.26. The lowest BCUT2D eigenvalue weighted by Gasteiger charge is -2.36. The van der Waals surface area contributed by atoms with Crippen LogP contribution in [0, 0.1) is 5.82 Å². The number of fused-ring (bicyclic) bond motifs is 1. The molecule has 5 nitrogen and oxygen atoms in total. The average Bonchev–Trinajstić information content (AvgIpc) is 3.15. The Bertz CT molecular complexity index is 1220. The summed E-state index contributed by atoms with van der Waals surface area (Å²) < 4.78 is 18.5. The van der Waals surface area contributed by atoms with Crippen LogP contribution in [-0.4, -0.2) is 36.1 Å². The molecule has 1 fully saturated rings. The molecule has 0 unspecified atom stereocenters. The van der Waals surface area contributed by atoms with Gasteiger partial charge in [-0.1, -0.05) is 36.4 Å². The second kappa shape index (κ2) is 7.80. The van der Waals surface area contributed by atoms with E-state index >= 15 is 0 Å². The predicted octanol–water partition coefficient (Wildman–Crippen LogP) is 4.25. The minimum atomic E-state index is -0.419. The predicted molar refractivity (Wildman–Crippen MR) is 116 cm³/mol. The number of hydrogen-bond acceptors (Lipinski definition) is 4. The van der Waals surface area contributed by atoms with E-state index in [2.05, 4.69) is 39.0 Å². The fourth-order valence-electron chi connectivity index (χ4n) is 4.10. The lowest BCUT2D eigenvalue weighted by Crippen LogP contribution is -2.46. The third-order valence-corrected chi connectivity index (χ3v) is 5.65. The molecule has 0 aliphatic carbocycles. The van der Waals surface area contributed by atoms with E-state index in [0.29, 0.717) is 5.58 Å². The van der Waals surface area contributed by atoms with Gasteiger partial charge in [-0.25, -0.2) is 9.18 Å². The van der Waals surface area contributed by atoms with Crippen molar-refractivity contribution in [3.8, 4) is 11.1 Å². The molecule has 4 aromatic rings. The van der Waals surface area contributed by atoms with E-state index in [1.165, 1.54) is 17.7 Å². The summed E-state index contributed by atoms with van der Waals surface area (Å²) in [6.45, 7) is 4.45. The second-order valence-electron chi connectivity index (χ2n) is 7.64. The molecule has 5 rings (SSSR count). The number of anilines is 1. The molecule has 2 heterocycles. The molecule has 3 aromatic carbocycles. The molecule has 0 spiro atoms. The van der Waals surface area contributed by atoms with Crippen LogP contribution in [-0.2, 0) is 6.54 Å². The molecule has 6 heteroatoms. The lowest BCUT2D eigenvalue weighted by atomic mass is 10.0. The third kappa shape index (κ3) is 3.74. The zero-order valence-electron chi connectivity index (χ0n) is 16.5. The largest absolute Gasteiger partial charge is 0.417 e. The first kappa shape index (κ1) is 18.6. The zero-order valence-corrected chi connectivity index (χ0v) is 16.5. The minimum absolute atomic E-state index is 0.220. The number of H-pyrrole nitrogens is 1. The van der Waals surface area contributed by atoms with Crippen molar-refractivity contribution in [1.82, 2.24) is 9.88 Å². The number of piperazine rings is 1. The van der Waals surface area contributed by atoms with Gasteiger partial charge in [0.25, 0.3) is 0 Å². The molecule has 0 bridgehead atoms. The molecule has 0 amide bonds. The van der Waals surface area contributed by atoms with Crippen LogP contribution in [0.25, 0.3) is 22.2 Å². The fourth-order valence-corrected chi connectivity index (χ4v) is 4.10. The maximum absolute atomic E-state index is 13.2. The van der Waals surface area contributed by atoms with E-state index in [0.717, 1.165) is 55.1 Å². The molecular formula is C24H22FN3O2. The number of para-hydroxylation sites is 1. The van der Waals surface area contributed by atoms with Crippen molar-refractivity contribution in [3.63, 3.8) is 0 Å². The summed E-state index contributed by atoms with van der Waals surface area (Å²) in [4.78, 5) is 19.0. The number of benzene rings is 3. The summed E-state index contributed by atoms with van der Waals surface area (Å²) in [5, 5.41) is 0. The first-order valence-corrected chi connectivity index (χ1v) is 10.1. The fraction of sp³-hybridized carbons (Fsp3) is 0.208. The van der Waals surface area contributed by atoms with Crippen LogP contribution in [0.15, 0.2) is 75.9 Å². The topological polar surface area (TPSA) is 52.5 Å². The molecule has 1 aromatic heterocycles. The Morgan fingerprint density at radius 3 is 2.47 bits per heavy atom. The van der Waals surface area contributed by atoms with Crippen molar-refractivity contribution in [3.05, 3.63) is 88.7 Å². The highest BCUT2D eigenvalue weighted by atomic mass is 19.1. The van der Waals surface area contributed by atoms with Gasteiger partial charge in [0.15, 0.2) is 5.58 Å². The summed E-state index contributed by atoms with van der Waals surface area (Å²) in [6.07, 6.45) is 0. The van der Waals surface area contributed by atoms with E-state index < -0.39 is 5.76 Å². The normalized spacial score (nSPS) is 15.0. The highest BCUT2D eigenvalue weighted by molar-refractivity contribution is 5.86. The standard InChI is InChI=1S/C24H22FN3O2/c25-20-9-7-18(8-10-20)19-4-1-3-17(15-19)16-27-11-13-28(14-12-27)22-6-2-5-21-23(22)30-24(29)26-21/h1-10,15H,11-14,16H2,(H,26,29). The zero-order chi connectivity index (χ0) is 20.5. The van der Waals surface area contributed by atoms with Crippen LogP contribution in [0.3, 0.4) is 0 Å². The summed E-state index contributed by atoms with van der Waals surface area (Å²) in [5.74, 6) is -0.639. The van der Waals surface area contributed by atoms with E-state index in [1.807, 2.05) is 30.3 Å². The van der Waals surface area contributed by atoms with Crippen molar-refractivity contribution in [2.45, 2.75) is 6.54 Å². The van der Waals surface area contributed by atoms with Crippen LogP contribution >= 0.6 is 0 Å². The quantitative estimate of drug-likeness (QED) is 0.554. The number of oxazole rings is 1. The summed E-state index contributed by atoms with van der Waals surface area (Å²) >= 11 is 0. The van der Waals surface area contributed by atoms with Crippen LogP contribution in [0.1, 0.15) is 5.56 Å². The Labute approximate surface area is 173 Å². The average molecular weight is 403 g/mol. The minimum Gasteiger partial charge on any atom is -0.406 e. The van der Waals surface area contributed by atoms with Gasteiger partial charge in [0.2, 0.25) is 0 Å². The summed E-state index contributed by atoms with van der Waals surface area (Å²) in [7, 11) is 0. The first-order chi connectivity index (χ1) is 14.7. The van der Waals surface area contributed by atoms with Gasteiger partial charge in [-0.2, -0.15) is 0 Å². The van der Waals surface area contributed by atoms with Gasteiger partial charge in [-0.3, -0.25) is 9.88 Å². The SMILES string of the molecule is O=c1[nH]c2cccc(N3CCN(Cc4cccc(-c5ccc(F)cc5)c4)CC3)c2o1. The number of nitrogens with zero attached hydrogens (tertiary/aromatic N) is 2. The summed E-state index contributed by atoms with van der Waals surface area (Å²) in [6, 6.07) is 20.8. The second-order valence-corrected chi connectivity index (χ2v) is 7.64. The van der Waals surface area contributed by atoms with Crippen molar-refractivity contribution in [2.24, 2.45) is 0 Å². The van der Waals surface area contributed by atoms with Gasteiger partial charge in [-0.15, -0.1) is 0 Å². The number of halogens is 1. The Hall–Kier alpha value is -3.38. The molecule has 1 N–H and O–H groups in total. The first-order valence-electron chi connectivity index (χ1n) is 10.1. The number of nitrogens with one attached hydrogen (secondary N) is 1. The van der Waals surface area contributed by atoms with Crippen LogP contribution < -0.4 is 10.7 Å². The van der Waals surface area contributed by atoms with Crippen LogP contribution in [0.2, 0.25) is 0 Å². The number of aromatic amines is 1. The lowest BCUT2D eigenvalue weighted by molar-refractivity contribution is 0.250. The molecule has 30 heavy (non-hydrogen) atoms. The van der Waals surface area contributed by atoms with E-state index in [-0.39, 0.29) is 5.82 Å². The molecule has 0 radical (unpaired) electrons. The van der Waals surface area contributed by atoms with Crippen LogP contribution in [0.4, 0.5) is 10.1 Å². The highest BCUT2D eigenvalue weighted by Gasteiger charge is 2.20. The van der Waals surface area contributed by atoms with Crippen molar-refractivity contribution >= 4 is 16.8 Å². The van der Waals surface area contributed by atoms with Gasteiger partial charge < -0.3 is 9.32 Å². The third-order valence-electron chi connectivity index (χ3n) is 5.65. The van der Waals surface area contributed by atoms with Gasteiger partial charge in [-0.05, 0) is 47.0 Å². The monoisotopic (exact) mass is 403 g/mol. The number of hydrogen-bond donors (Lipinski definition) is 1. The van der Waals surface area contributed by atoms with E-state index in [9.17, 15) is 9.18 Å². The molecule has 0 atom stereocenters. The molecule has 1 saturated heterocycles. The van der Waals surface area contributed by atoms with E-state index in [4.69, 9.17) is 4.42 Å². The maximum Gasteiger partial charge on any atom is 0.417 e. The Balaban J connectivity index is 1.27. The van der Waals surface area contributed by atoms with Gasteiger partial charge in [0.1, 0.15) is 5.82 Å². The Morgan fingerprint density at radius 2 is 1.67 bits per heavy atom. The van der Waals surface area contributed by atoms with Gasteiger partial charge in [0, 0.05) is 32.7 Å². The molecular weight excluding hydrogens is 381 g/mol. The van der Waals surface area contributed by atoms with E-state index in [1.54, 1.807) is 0 Å². The molecule has 0 saturated carbocycles. The summed E-state index contributed by atoms with van der Waals surface area (Å²) in [5.41, 5.74) is 5.68. The Kier molecular flexibility index (Phi) is 4.85. The van der Waals surface area contributed by atoms with Crippen molar-refractivity contribution < 1.29 is 8.81 Å². The number of rotatable bonds is 4. The van der Waals surface area contributed by atoms with Gasteiger partial charge >= 0.3 is 5.76 Å². The number of aromatic nitrogens is 1. The van der Waals surface area contributed by atoms with Gasteiger partial charge in [0.05, 0.1) is 11.2 Å². The Morgan fingerprint density at radius 1 is 0.900 bits per heavy atom. The molecule has 1 aliphatic rings. The molecule has 1 aliphatic heterocycles. The van der Waals surface area contributed by atoms with Crippen molar-refractivity contribution in [1.29, 1.82) is 0 Å². The van der Waals surface area contributed by atoms with Crippen molar-refractivity contribution in [2.75, 3.05) is 31.1 Å². The van der Waals surface area contributed by atoms with Crippen LogP contribution in [0.5, 0.6) is 0 Å². The smallest absolute Gasteiger partial charge is 0.406 e.